The van der Waals surface area contributed by atoms with Gasteiger partial charge in [-0.2, -0.15) is 5.26 Å². The molecular weight excluding hydrogens is 980 g/mol. The number of carbonyl (C=O) groups excluding carboxylic acids is 5. The standard InChI is InChI=1S/C53H73N4O16P/c1-35(2)57(36(3)4)74(69-30-16-27-54)73-45(33-68-53(40-17-12-10-13-18-40,41-19-23-43(63-8)24-20-41)42-21-25-44(64-9)26-22-42)32-67-52(62)56-28-14-11-15-29-65-51-46(31-48(55)61)49(70-38(6)59)50(71-39(7)60)47(72-51)34-66-37(5)58/h10,12-13,17-26,35-36,45-47,49-51H,11,14-16,28-34H2,1-9H3,(H2,55,61)(H,56,62)/t45-,46-,47-,49-,50+,51-,74?/m1/s1. The van der Waals surface area contributed by atoms with Crippen molar-refractivity contribution < 1.29 is 75.7 Å². The summed E-state index contributed by atoms with van der Waals surface area (Å²) in [5.74, 6) is -2.46. The smallest absolute Gasteiger partial charge is 0.407 e. The first-order chi connectivity index (χ1) is 35.4. The fourth-order valence-corrected chi connectivity index (χ4v) is 10.1. The molecule has 3 aromatic rings. The number of nitrogens with zero attached hydrogens (tertiary/aromatic N) is 2. The molecule has 4 rings (SSSR count). The summed E-state index contributed by atoms with van der Waals surface area (Å²) >= 11 is 0. The van der Waals surface area contributed by atoms with E-state index in [0.29, 0.717) is 30.8 Å². The molecule has 0 radical (unpaired) electrons. The maximum Gasteiger partial charge on any atom is 0.407 e. The topological polar surface area (TPSA) is 252 Å². The van der Waals surface area contributed by atoms with Gasteiger partial charge in [0.2, 0.25) is 5.91 Å². The van der Waals surface area contributed by atoms with Crippen LogP contribution in [0.25, 0.3) is 0 Å². The summed E-state index contributed by atoms with van der Waals surface area (Å²) in [4.78, 5) is 61.7. The van der Waals surface area contributed by atoms with E-state index in [1.165, 1.54) is 6.92 Å². The molecule has 0 spiro atoms. The van der Waals surface area contributed by atoms with E-state index in [-0.39, 0.29) is 64.5 Å². The van der Waals surface area contributed by atoms with Crippen molar-refractivity contribution >= 4 is 38.4 Å². The van der Waals surface area contributed by atoms with E-state index in [1.807, 2.05) is 107 Å². The average Bonchev–Trinajstić information content (AvgIpc) is 3.36. The van der Waals surface area contributed by atoms with Gasteiger partial charge in [0.15, 0.2) is 12.4 Å². The number of ether oxygens (including phenoxy) is 9. The van der Waals surface area contributed by atoms with Gasteiger partial charge in [0.1, 0.15) is 48.6 Å². The summed E-state index contributed by atoms with van der Waals surface area (Å²) in [6.07, 6.45) is -4.95. The molecule has 21 heteroatoms. The number of unbranched alkanes of at least 4 members (excludes halogenated alkanes) is 2. The number of alkyl carbamates (subject to hydrolysis) is 1. The van der Waals surface area contributed by atoms with Crippen LogP contribution in [-0.4, -0.2) is 131 Å². The van der Waals surface area contributed by atoms with E-state index in [0.717, 1.165) is 30.5 Å². The first-order valence-corrected chi connectivity index (χ1v) is 25.7. The molecule has 3 aromatic carbocycles. The lowest BCUT2D eigenvalue weighted by Gasteiger charge is -2.44. The monoisotopic (exact) mass is 1050 g/mol. The summed E-state index contributed by atoms with van der Waals surface area (Å²) in [7, 11) is 1.39. The normalized spacial score (nSPS) is 18.4. The van der Waals surface area contributed by atoms with Crippen LogP contribution in [0.2, 0.25) is 0 Å². The lowest BCUT2D eigenvalue weighted by atomic mass is 9.80. The number of carbonyl (C=O) groups is 5. The minimum atomic E-state index is -1.81. The van der Waals surface area contributed by atoms with Crippen LogP contribution >= 0.6 is 8.53 Å². The molecule has 0 aliphatic carbocycles. The summed E-state index contributed by atoms with van der Waals surface area (Å²) in [5.41, 5.74) is 6.74. The van der Waals surface area contributed by atoms with Gasteiger partial charge < -0.3 is 62.7 Å². The van der Waals surface area contributed by atoms with Gasteiger partial charge in [0.05, 0.1) is 45.8 Å². The molecule has 1 aliphatic rings. The van der Waals surface area contributed by atoms with Crippen molar-refractivity contribution in [3.63, 3.8) is 0 Å². The molecule has 20 nitrogen and oxygen atoms in total. The number of methoxy groups -OCH3 is 2. The minimum Gasteiger partial charge on any atom is -0.497 e. The Morgan fingerprint density at radius 3 is 1.86 bits per heavy atom. The zero-order chi connectivity index (χ0) is 54.2. The number of rotatable bonds is 31. The lowest BCUT2D eigenvalue weighted by Crippen LogP contribution is -2.59. The zero-order valence-corrected chi connectivity index (χ0v) is 44.7. The fourth-order valence-electron chi connectivity index (χ4n) is 8.42. The summed E-state index contributed by atoms with van der Waals surface area (Å²) in [5, 5.41) is 12.2. The van der Waals surface area contributed by atoms with Gasteiger partial charge in [-0.15, -0.1) is 0 Å². The van der Waals surface area contributed by atoms with E-state index in [9.17, 15) is 29.2 Å². The first kappa shape index (κ1) is 60.6. The van der Waals surface area contributed by atoms with Crippen LogP contribution in [0.4, 0.5) is 4.79 Å². The van der Waals surface area contributed by atoms with Gasteiger partial charge in [-0.25, -0.2) is 9.46 Å². The molecule has 74 heavy (non-hydrogen) atoms. The van der Waals surface area contributed by atoms with Crippen LogP contribution in [0.15, 0.2) is 78.9 Å². The Morgan fingerprint density at radius 1 is 0.757 bits per heavy atom. The van der Waals surface area contributed by atoms with Crippen LogP contribution in [0.1, 0.15) is 97.3 Å². The highest BCUT2D eigenvalue weighted by Crippen LogP contribution is 2.48. The number of nitriles is 1. The van der Waals surface area contributed by atoms with E-state index in [1.54, 1.807) is 14.2 Å². The predicted molar refractivity (Wildman–Crippen MR) is 271 cm³/mol. The maximum absolute atomic E-state index is 13.4. The zero-order valence-electron chi connectivity index (χ0n) is 43.9. The molecule has 0 aromatic heterocycles. The van der Waals surface area contributed by atoms with Gasteiger partial charge in [-0.05, 0) is 87.9 Å². The van der Waals surface area contributed by atoms with E-state index < -0.39 is 80.7 Å². The molecule has 2 amide bonds. The van der Waals surface area contributed by atoms with Crippen molar-refractivity contribution in [3.05, 3.63) is 95.6 Å². The van der Waals surface area contributed by atoms with Crippen LogP contribution in [0.3, 0.4) is 0 Å². The molecule has 7 atom stereocenters. The molecular formula is C53H73N4O16P. The third-order valence-electron chi connectivity index (χ3n) is 11.6. The van der Waals surface area contributed by atoms with E-state index in [4.69, 9.17) is 57.4 Å². The molecule has 0 saturated carbocycles. The number of esters is 3. The van der Waals surface area contributed by atoms with Gasteiger partial charge in [-0.3, -0.25) is 19.2 Å². The van der Waals surface area contributed by atoms with Crippen LogP contribution in [0, 0.1) is 17.2 Å². The molecule has 1 fully saturated rings. The molecule has 1 saturated heterocycles. The van der Waals surface area contributed by atoms with Crippen LogP contribution in [0.5, 0.6) is 11.5 Å². The number of primary amides is 1. The maximum atomic E-state index is 13.4. The van der Waals surface area contributed by atoms with Crippen molar-refractivity contribution in [1.29, 1.82) is 5.26 Å². The fraction of sp³-hybridized carbons (Fsp3) is 0.547. The number of nitrogens with two attached hydrogens (primary N) is 1. The van der Waals surface area contributed by atoms with E-state index in [2.05, 4.69) is 16.1 Å². The van der Waals surface area contributed by atoms with Crippen molar-refractivity contribution in [2.45, 2.75) is 129 Å². The minimum absolute atomic E-state index is 0.0187. The van der Waals surface area contributed by atoms with Crippen LogP contribution in [-0.2, 0) is 67.0 Å². The quantitative estimate of drug-likeness (QED) is 0.0212. The number of benzene rings is 3. The van der Waals surface area contributed by atoms with Crippen molar-refractivity contribution in [2.24, 2.45) is 11.7 Å². The van der Waals surface area contributed by atoms with Crippen molar-refractivity contribution in [2.75, 3.05) is 53.8 Å². The largest absolute Gasteiger partial charge is 0.497 e. The second kappa shape index (κ2) is 31.1. The Hall–Kier alpha value is -5.91. The summed E-state index contributed by atoms with van der Waals surface area (Å²) in [6.45, 7) is 11.4. The number of hydrogen-bond donors (Lipinski definition) is 2. The molecule has 0 bridgehead atoms. The highest BCUT2D eigenvalue weighted by atomic mass is 31.2. The third-order valence-corrected chi connectivity index (χ3v) is 13.8. The lowest BCUT2D eigenvalue weighted by molar-refractivity contribution is -0.291. The Kier molecular flexibility index (Phi) is 25.5. The summed E-state index contributed by atoms with van der Waals surface area (Å²) < 4.78 is 67.6. The molecule has 1 aliphatic heterocycles. The molecule has 3 N–H and O–H groups in total. The number of hydrogen-bond acceptors (Lipinski definition) is 18. The van der Waals surface area contributed by atoms with Gasteiger partial charge >= 0.3 is 24.0 Å². The highest BCUT2D eigenvalue weighted by Gasteiger charge is 2.51. The number of amides is 2. The first-order valence-electron chi connectivity index (χ1n) is 24.6. The second-order valence-electron chi connectivity index (χ2n) is 17.9. The van der Waals surface area contributed by atoms with Crippen molar-refractivity contribution in [3.8, 4) is 17.6 Å². The third kappa shape index (κ3) is 18.5. The summed E-state index contributed by atoms with van der Waals surface area (Å²) in [6, 6.07) is 27.1. The van der Waals surface area contributed by atoms with E-state index >= 15 is 0 Å². The Morgan fingerprint density at radius 2 is 1.34 bits per heavy atom. The second-order valence-corrected chi connectivity index (χ2v) is 19.3. The average molecular weight is 1050 g/mol. The van der Waals surface area contributed by atoms with Crippen molar-refractivity contribution in [1.82, 2.24) is 9.99 Å². The number of nitrogens with one attached hydrogen (secondary N) is 1. The molecule has 1 unspecified atom stereocenters. The Labute approximate surface area is 435 Å². The van der Waals surface area contributed by atoms with Gasteiger partial charge in [-0.1, -0.05) is 54.6 Å². The SMILES string of the molecule is COc1ccc(C(OC[C@@H](COC(=O)NCCCCCO[C@@H]2O[C@H](COC(C)=O)[C@H](OC(C)=O)[C@H](OC(C)=O)[C@H]2CC(N)=O)OP(OCCC#N)N(C(C)C)C(C)C)(c2ccccc2)c2ccc(OC)cc2)cc1. The molecule has 406 valence electrons. The van der Waals surface area contributed by atoms with Gasteiger partial charge in [0.25, 0.3) is 8.53 Å². The Balaban J connectivity index is 1.51. The highest BCUT2D eigenvalue weighted by molar-refractivity contribution is 7.44. The predicted octanol–water partition coefficient (Wildman–Crippen LogP) is 7.23. The van der Waals surface area contributed by atoms with Gasteiger partial charge in [0, 0.05) is 52.4 Å². The Bertz CT molecular complexity index is 2190. The molecule has 1 heterocycles. The van der Waals surface area contributed by atoms with Crippen LogP contribution < -0.4 is 20.5 Å².